The molecule has 0 unspecified atom stereocenters. The largest absolute Gasteiger partial charge is 0.419 e. The van der Waals surface area contributed by atoms with Crippen LogP contribution in [0.1, 0.15) is 43.9 Å². The van der Waals surface area contributed by atoms with Crippen LogP contribution in [0.25, 0.3) is 0 Å². The molecule has 0 aliphatic heterocycles. The van der Waals surface area contributed by atoms with Crippen LogP contribution in [0.15, 0.2) is 6.20 Å². The molecule has 0 saturated heterocycles. The molecule has 0 aromatic carbocycles. The van der Waals surface area contributed by atoms with Crippen LogP contribution in [0.3, 0.4) is 0 Å². The molecule has 0 radical (unpaired) electrons. The quantitative estimate of drug-likeness (QED) is 0.878. The normalized spacial score (nSPS) is 22.5. The molecule has 1 aromatic rings. The number of alkyl halides is 3. The summed E-state index contributed by atoms with van der Waals surface area (Å²) < 4.78 is 38.7. The lowest BCUT2D eigenvalue weighted by atomic mass is 10.1. The van der Waals surface area contributed by atoms with Gasteiger partial charge < -0.3 is 10.6 Å². The maximum absolute atomic E-state index is 12.9. The second kappa shape index (κ2) is 6.60. The number of rotatable bonds is 5. The number of hydrogen-bond donors (Lipinski definition) is 2. The van der Waals surface area contributed by atoms with E-state index in [1.165, 1.54) is 0 Å². The van der Waals surface area contributed by atoms with E-state index in [1.807, 2.05) is 14.0 Å². The summed E-state index contributed by atoms with van der Waals surface area (Å²) in [5.74, 6) is 0.299. The van der Waals surface area contributed by atoms with Gasteiger partial charge in [-0.05, 0) is 32.7 Å². The summed E-state index contributed by atoms with van der Waals surface area (Å²) in [4.78, 5) is 7.92. The SMILES string of the molecule is CCCc1nc(N[C@H]2CC[C@H](NC)C2)ncc1C(F)(F)F. The van der Waals surface area contributed by atoms with Crippen LogP contribution < -0.4 is 10.6 Å². The molecule has 1 saturated carbocycles. The molecule has 1 aliphatic carbocycles. The molecule has 2 atom stereocenters. The van der Waals surface area contributed by atoms with Gasteiger partial charge in [-0.25, -0.2) is 9.97 Å². The topological polar surface area (TPSA) is 49.8 Å². The van der Waals surface area contributed by atoms with E-state index >= 15 is 0 Å². The minimum atomic E-state index is -4.40. The number of halogens is 3. The summed E-state index contributed by atoms with van der Waals surface area (Å²) in [6, 6.07) is 0.667. The van der Waals surface area contributed by atoms with Crippen molar-refractivity contribution in [1.82, 2.24) is 15.3 Å². The first kappa shape index (κ1) is 16.0. The molecule has 1 heterocycles. The fourth-order valence-corrected chi connectivity index (χ4v) is 2.71. The number of hydrogen-bond acceptors (Lipinski definition) is 4. The van der Waals surface area contributed by atoms with Gasteiger partial charge >= 0.3 is 6.18 Å². The lowest BCUT2D eigenvalue weighted by Gasteiger charge is -2.16. The molecule has 0 bridgehead atoms. The average molecular weight is 302 g/mol. The fourth-order valence-electron chi connectivity index (χ4n) is 2.71. The van der Waals surface area contributed by atoms with E-state index in [0.717, 1.165) is 25.5 Å². The van der Waals surface area contributed by atoms with Crippen molar-refractivity contribution < 1.29 is 13.2 Å². The Morgan fingerprint density at radius 1 is 1.29 bits per heavy atom. The Morgan fingerprint density at radius 3 is 2.57 bits per heavy atom. The molecule has 21 heavy (non-hydrogen) atoms. The summed E-state index contributed by atoms with van der Waals surface area (Å²) in [5, 5.41) is 6.36. The van der Waals surface area contributed by atoms with Gasteiger partial charge in [-0.2, -0.15) is 13.2 Å². The number of nitrogens with one attached hydrogen (secondary N) is 2. The molecule has 2 N–H and O–H groups in total. The highest BCUT2D eigenvalue weighted by Gasteiger charge is 2.35. The number of nitrogens with zero attached hydrogens (tertiary/aromatic N) is 2. The van der Waals surface area contributed by atoms with E-state index in [2.05, 4.69) is 20.6 Å². The summed E-state index contributed by atoms with van der Waals surface area (Å²) >= 11 is 0. The van der Waals surface area contributed by atoms with Crippen molar-refractivity contribution in [2.45, 2.75) is 57.3 Å². The third-order valence-corrected chi connectivity index (χ3v) is 3.83. The Hall–Kier alpha value is -1.37. The molecule has 4 nitrogen and oxygen atoms in total. The molecular weight excluding hydrogens is 281 g/mol. The zero-order valence-electron chi connectivity index (χ0n) is 12.3. The number of aryl methyl sites for hydroxylation is 1. The van der Waals surface area contributed by atoms with Gasteiger partial charge in [0, 0.05) is 18.3 Å². The van der Waals surface area contributed by atoms with E-state index in [9.17, 15) is 13.2 Å². The standard InChI is InChI=1S/C14H21F3N4/c1-3-4-12-11(14(15,16)17)8-19-13(21-12)20-10-6-5-9(7-10)18-2/h8-10,18H,3-7H2,1-2H3,(H,19,20,21)/t9-,10-/m0/s1. The third kappa shape index (κ3) is 4.06. The molecule has 0 spiro atoms. The zero-order valence-corrected chi connectivity index (χ0v) is 12.3. The molecule has 0 amide bonds. The van der Waals surface area contributed by atoms with Crippen LogP contribution in [0.2, 0.25) is 0 Å². The van der Waals surface area contributed by atoms with Crippen molar-refractivity contribution >= 4 is 5.95 Å². The molecule has 118 valence electrons. The summed E-state index contributed by atoms with van der Waals surface area (Å²) in [6.07, 6.45) is 0.374. The minimum Gasteiger partial charge on any atom is -0.351 e. The Kier molecular flexibility index (Phi) is 5.03. The highest BCUT2D eigenvalue weighted by atomic mass is 19.4. The van der Waals surface area contributed by atoms with Gasteiger partial charge in [0.1, 0.15) is 0 Å². The highest BCUT2D eigenvalue weighted by Crippen LogP contribution is 2.32. The third-order valence-electron chi connectivity index (χ3n) is 3.83. The lowest BCUT2D eigenvalue weighted by molar-refractivity contribution is -0.138. The van der Waals surface area contributed by atoms with Crippen molar-refractivity contribution in [3.8, 4) is 0 Å². The van der Waals surface area contributed by atoms with Crippen LogP contribution in [-0.4, -0.2) is 29.1 Å². The summed E-state index contributed by atoms with van der Waals surface area (Å²) in [5.41, 5.74) is -0.653. The number of aromatic nitrogens is 2. The summed E-state index contributed by atoms with van der Waals surface area (Å²) in [7, 11) is 1.92. The molecule has 2 rings (SSSR count). The Bertz CT molecular complexity index is 476. The van der Waals surface area contributed by atoms with Gasteiger partial charge in [0.2, 0.25) is 5.95 Å². The first-order valence-electron chi connectivity index (χ1n) is 7.31. The Balaban J connectivity index is 2.12. The second-order valence-corrected chi connectivity index (χ2v) is 5.44. The minimum absolute atomic E-state index is 0.0747. The van der Waals surface area contributed by atoms with Gasteiger partial charge in [0.15, 0.2) is 0 Å². The smallest absolute Gasteiger partial charge is 0.351 e. The Labute approximate surface area is 122 Å². The monoisotopic (exact) mass is 302 g/mol. The summed E-state index contributed by atoms with van der Waals surface area (Å²) in [6.45, 7) is 1.84. The molecule has 1 aliphatic rings. The molecule has 1 fully saturated rings. The van der Waals surface area contributed by atoms with Crippen LogP contribution in [0.4, 0.5) is 19.1 Å². The van der Waals surface area contributed by atoms with Crippen LogP contribution in [0, 0.1) is 0 Å². The van der Waals surface area contributed by atoms with E-state index in [4.69, 9.17) is 0 Å². The zero-order chi connectivity index (χ0) is 15.5. The Morgan fingerprint density at radius 2 is 2.00 bits per heavy atom. The van der Waals surface area contributed by atoms with Crippen LogP contribution in [0.5, 0.6) is 0 Å². The van der Waals surface area contributed by atoms with E-state index in [1.54, 1.807) is 0 Å². The van der Waals surface area contributed by atoms with E-state index in [-0.39, 0.29) is 11.7 Å². The van der Waals surface area contributed by atoms with Crippen LogP contribution in [-0.2, 0) is 12.6 Å². The van der Waals surface area contributed by atoms with Gasteiger partial charge in [-0.1, -0.05) is 13.3 Å². The van der Waals surface area contributed by atoms with E-state index < -0.39 is 11.7 Å². The van der Waals surface area contributed by atoms with Gasteiger partial charge in [-0.15, -0.1) is 0 Å². The van der Waals surface area contributed by atoms with Gasteiger partial charge in [0.05, 0.1) is 11.3 Å². The predicted molar refractivity (Wildman–Crippen MR) is 75.1 cm³/mol. The fraction of sp³-hybridized carbons (Fsp3) is 0.714. The van der Waals surface area contributed by atoms with Crippen LogP contribution >= 0.6 is 0 Å². The maximum Gasteiger partial charge on any atom is 0.419 e. The van der Waals surface area contributed by atoms with E-state index in [0.29, 0.717) is 24.8 Å². The lowest BCUT2D eigenvalue weighted by Crippen LogP contribution is -2.25. The second-order valence-electron chi connectivity index (χ2n) is 5.44. The average Bonchev–Trinajstić information content (AvgIpc) is 2.85. The highest BCUT2D eigenvalue weighted by molar-refractivity contribution is 5.32. The van der Waals surface area contributed by atoms with Gasteiger partial charge in [-0.3, -0.25) is 0 Å². The van der Waals surface area contributed by atoms with Gasteiger partial charge in [0.25, 0.3) is 0 Å². The van der Waals surface area contributed by atoms with Crippen molar-refractivity contribution in [2.24, 2.45) is 0 Å². The molecule has 1 aromatic heterocycles. The predicted octanol–water partition coefficient (Wildman–Crippen LogP) is 3.00. The molecule has 7 heteroatoms. The van der Waals surface area contributed by atoms with Crippen molar-refractivity contribution in [1.29, 1.82) is 0 Å². The van der Waals surface area contributed by atoms with Crippen molar-refractivity contribution in [3.05, 3.63) is 17.5 Å². The van der Waals surface area contributed by atoms with Crippen molar-refractivity contribution in [3.63, 3.8) is 0 Å². The molecular formula is C14H21F3N4. The maximum atomic E-state index is 12.9. The first-order chi connectivity index (χ1) is 9.94. The van der Waals surface area contributed by atoms with Crippen molar-refractivity contribution in [2.75, 3.05) is 12.4 Å². The first-order valence-corrected chi connectivity index (χ1v) is 7.31. The number of anilines is 1.